The molecule has 5 rings (SSSR count). The van der Waals surface area contributed by atoms with Gasteiger partial charge in [0.25, 0.3) is 0 Å². The molecule has 1 aromatic heterocycles. The first-order valence-electron chi connectivity index (χ1n) is 13.4. The molecule has 1 N–H and O–H groups in total. The molecule has 2 atom stereocenters. The standard InChI is InChI=1S/C30H38N4O2/c1-5-32(6-2)16-9-17-33-19-27(35)34-26(30(33)36)18-24-23-10-7-8-11-25(23)31-28(24)29(34)22-14-12-21(13-15-22)20(3)4/h7-8,10-15,20,26,29,31H,5-6,9,16-19H2,1-4H3/t26-,29+/m0/s1. The number of nitrogens with one attached hydrogen (secondary N) is 1. The Labute approximate surface area is 214 Å². The number of aromatic nitrogens is 1. The maximum Gasteiger partial charge on any atom is 0.246 e. The minimum Gasteiger partial charge on any atom is -0.356 e. The second-order valence-electron chi connectivity index (χ2n) is 10.4. The average molecular weight is 487 g/mol. The first kappa shape index (κ1) is 24.6. The van der Waals surface area contributed by atoms with E-state index in [4.69, 9.17) is 0 Å². The second kappa shape index (κ2) is 10.1. The van der Waals surface area contributed by atoms with Gasteiger partial charge in [0.15, 0.2) is 0 Å². The number of para-hydroxylation sites is 1. The van der Waals surface area contributed by atoms with Crippen molar-refractivity contribution in [1.29, 1.82) is 0 Å². The third-order valence-corrected chi connectivity index (χ3v) is 8.06. The lowest BCUT2D eigenvalue weighted by atomic mass is 9.85. The molecule has 1 fully saturated rings. The molecule has 3 heterocycles. The SMILES string of the molecule is CCN(CC)CCCN1CC(=O)N2[C@H](c3ccc(C(C)C)cc3)c3[nH]c4ccccc4c3C[C@H]2C1=O. The van der Waals surface area contributed by atoms with Crippen LogP contribution in [0, 0.1) is 0 Å². The predicted octanol–water partition coefficient (Wildman–Crippen LogP) is 4.71. The average Bonchev–Trinajstić information content (AvgIpc) is 3.26. The highest BCUT2D eigenvalue weighted by Crippen LogP contribution is 2.42. The molecule has 0 aliphatic carbocycles. The Kier molecular flexibility index (Phi) is 6.89. The number of amides is 2. The largest absolute Gasteiger partial charge is 0.356 e. The first-order chi connectivity index (χ1) is 17.4. The van der Waals surface area contributed by atoms with Crippen molar-refractivity contribution in [2.75, 3.05) is 32.7 Å². The maximum atomic E-state index is 13.8. The van der Waals surface area contributed by atoms with Crippen LogP contribution in [0.4, 0.5) is 0 Å². The number of benzene rings is 2. The van der Waals surface area contributed by atoms with Gasteiger partial charge in [0.2, 0.25) is 11.8 Å². The summed E-state index contributed by atoms with van der Waals surface area (Å²) in [6, 6.07) is 16.1. The summed E-state index contributed by atoms with van der Waals surface area (Å²) in [7, 11) is 0. The van der Waals surface area contributed by atoms with Gasteiger partial charge in [-0.3, -0.25) is 9.59 Å². The molecular weight excluding hydrogens is 448 g/mol. The Balaban J connectivity index is 1.51. The topological polar surface area (TPSA) is 59.6 Å². The van der Waals surface area contributed by atoms with Crippen molar-refractivity contribution in [3.05, 3.63) is 70.9 Å². The molecule has 0 saturated carbocycles. The number of H-pyrrole nitrogens is 1. The zero-order valence-corrected chi connectivity index (χ0v) is 22.0. The monoisotopic (exact) mass is 486 g/mol. The van der Waals surface area contributed by atoms with Gasteiger partial charge in [-0.15, -0.1) is 0 Å². The van der Waals surface area contributed by atoms with Crippen molar-refractivity contribution in [3.8, 4) is 0 Å². The number of rotatable bonds is 8. The van der Waals surface area contributed by atoms with Gasteiger partial charge in [0, 0.05) is 29.6 Å². The lowest BCUT2D eigenvalue weighted by Crippen LogP contribution is -2.63. The van der Waals surface area contributed by atoms with Crippen LogP contribution in [-0.2, 0) is 16.0 Å². The zero-order valence-electron chi connectivity index (χ0n) is 22.0. The van der Waals surface area contributed by atoms with Crippen LogP contribution < -0.4 is 0 Å². The molecule has 2 aliphatic rings. The zero-order chi connectivity index (χ0) is 25.4. The summed E-state index contributed by atoms with van der Waals surface area (Å²) in [5.74, 6) is 0.545. The first-order valence-corrected chi connectivity index (χ1v) is 13.4. The van der Waals surface area contributed by atoms with E-state index in [-0.39, 0.29) is 24.4 Å². The summed E-state index contributed by atoms with van der Waals surface area (Å²) < 4.78 is 0. The van der Waals surface area contributed by atoms with Crippen molar-refractivity contribution in [3.63, 3.8) is 0 Å². The molecule has 6 heteroatoms. The number of carbonyl (C=O) groups excluding carboxylic acids is 2. The van der Waals surface area contributed by atoms with Crippen molar-refractivity contribution in [2.45, 2.75) is 58.5 Å². The van der Waals surface area contributed by atoms with Gasteiger partial charge in [-0.1, -0.05) is 70.2 Å². The highest BCUT2D eigenvalue weighted by Gasteiger charge is 2.48. The normalized spacial score (nSPS) is 19.9. The minimum atomic E-state index is -0.471. The van der Waals surface area contributed by atoms with E-state index in [9.17, 15) is 9.59 Å². The van der Waals surface area contributed by atoms with E-state index in [1.807, 2.05) is 17.0 Å². The summed E-state index contributed by atoms with van der Waals surface area (Å²) in [5, 5.41) is 1.15. The Morgan fingerprint density at radius 1 is 1.03 bits per heavy atom. The van der Waals surface area contributed by atoms with E-state index in [0.717, 1.165) is 53.8 Å². The number of nitrogens with zero attached hydrogens (tertiary/aromatic N) is 3. The fourth-order valence-electron chi connectivity index (χ4n) is 5.95. The third-order valence-electron chi connectivity index (χ3n) is 8.06. The summed E-state index contributed by atoms with van der Waals surface area (Å²) in [4.78, 5) is 37.1. The van der Waals surface area contributed by atoms with E-state index in [1.54, 1.807) is 4.90 Å². The molecule has 1 saturated heterocycles. The lowest BCUT2D eigenvalue weighted by Gasteiger charge is -2.47. The van der Waals surface area contributed by atoms with Crippen LogP contribution in [0.15, 0.2) is 48.5 Å². The van der Waals surface area contributed by atoms with Gasteiger partial charge in [-0.2, -0.15) is 0 Å². The molecule has 36 heavy (non-hydrogen) atoms. The van der Waals surface area contributed by atoms with E-state index >= 15 is 0 Å². The van der Waals surface area contributed by atoms with Crippen molar-refractivity contribution < 1.29 is 9.59 Å². The Morgan fingerprint density at radius 2 is 1.75 bits per heavy atom. The minimum absolute atomic E-state index is 0.0321. The van der Waals surface area contributed by atoms with Crippen molar-refractivity contribution in [1.82, 2.24) is 19.7 Å². The quantitative estimate of drug-likeness (QED) is 0.502. The molecule has 0 radical (unpaired) electrons. The number of hydrogen-bond donors (Lipinski definition) is 1. The Hall–Kier alpha value is -3.12. The fraction of sp³-hybridized carbons (Fsp3) is 0.467. The summed E-state index contributed by atoms with van der Waals surface area (Å²) in [5.41, 5.74) is 5.58. The summed E-state index contributed by atoms with van der Waals surface area (Å²) in [6.45, 7) is 12.4. The lowest BCUT2D eigenvalue weighted by molar-refractivity contribution is -0.158. The molecule has 2 aliphatic heterocycles. The molecule has 190 valence electrons. The Bertz CT molecular complexity index is 1240. The number of fused-ring (bicyclic) bond motifs is 4. The number of hydrogen-bond acceptors (Lipinski definition) is 3. The van der Waals surface area contributed by atoms with Crippen LogP contribution in [0.2, 0.25) is 0 Å². The van der Waals surface area contributed by atoms with Gasteiger partial charge in [-0.25, -0.2) is 0 Å². The predicted molar refractivity (Wildman–Crippen MR) is 144 cm³/mol. The van der Waals surface area contributed by atoms with Crippen molar-refractivity contribution in [2.24, 2.45) is 0 Å². The molecule has 6 nitrogen and oxygen atoms in total. The number of piperazine rings is 1. The van der Waals surface area contributed by atoms with Crippen LogP contribution in [0.25, 0.3) is 10.9 Å². The van der Waals surface area contributed by atoms with E-state index in [1.165, 1.54) is 5.56 Å². The van der Waals surface area contributed by atoms with E-state index in [0.29, 0.717) is 18.9 Å². The molecule has 0 unspecified atom stereocenters. The molecule has 0 bridgehead atoms. The van der Waals surface area contributed by atoms with E-state index in [2.05, 4.69) is 74.0 Å². The van der Waals surface area contributed by atoms with Gasteiger partial charge < -0.3 is 19.7 Å². The van der Waals surface area contributed by atoms with Crippen LogP contribution in [0.1, 0.15) is 68.5 Å². The van der Waals surface area contributed by atoms with Crippen LogP contribution in [0.3, 0.4) is 0 Å². The third kappa shape index (κ3) is 4.32. The Morgan fingerprint density at radius 3 is 2.44 bits per heavy atom. The molecular formula is C30H38N4O2. The smallest absolute Gasteiger partial charge is 0.246 e. The van der Waals surface area contributed by atoms with Gasteiger partial charge >= 0.3 is 0 Å². The van der Waals surface area contributed by atoms with Gasteiger partial charge in [0.1, 0.15) is 6.04 Å². The van der Waals surface area contributed by atoms with Crippen LogP contribution >= 0.6 is 0 Å². The van der Waals surface area contributed by atoms with Gasteiger partial charge in [-0.05, 0) is 54.7 Å². The van der Waals surface area contributed by atoms with Crippen LogP contribution in [0.5, 0.6) is 0 Å². The highest BCUT2D eigenvalue weighted by atomic mass is 16.2. The summed E-state index contributed by atoms with van der Waals surface area (Å²) in [6.07, 6.45) is 1.43. The molecule has 2 amide bonds. The molecule has 0 spiro atoms. The molecule has 2 aromatic carbocycles. The second-order valence-corrected chi connectivity index (χ2v) is 10.4. The molecule has 3 aromatic rings. The highest BCUT2D eigenvalue weighted by molar-refractivity contribution is 5.97. The summed E-state index contributed by atoms with van der Waals surface area (Å²) >= 11 is 0. The number of aromatic amines is 1. The van der Waals surface area contributed by atoms with E-state index < -0.39 is 6.04 Å². The fourth-order valence-corrected chi connectivity index (χ4v) is 5.95. The van der Waals surface area contributed by atoms with Gasteiger partial charge in [0.05, 0.1) is 12.6 Å². The number of carbonyl (C=O) groups is 2. The van der Waals surface area contributed by atoms with Crippen molar-refractivity contribution >= 4 is 22.7 Å². The maximum absolute atomic E-state index is 13.8. The van der Waals surface area contributed by atoms with Crippen LogP contribution in [-0.4, -0.2) is 70.3 Å².